The number of benzene rings is 2. The van der Waals surface area contributed by atoms with Crippen LogP contribution in [0.3, 0.4) is 0 Å². The number of fused-ring (bicyclic) bond motifs is 1. The molecule has 0 saturated carbocycles. The van der Waals surface area contributed by atoms with E-state index in [1.807, 2.05) is 23.1 Å². The number of aliphatic carboxylic acids is 2. The SMILES string of the molecule is O=C(O)/C=C/C(=O)Nc1ccc2c(C(C(=O)O)N3CCN(c4ccccc4)CC3)c[nH]c2c1. The Balaban J connectivity index is 1.51. The molecule has 170 valence electrons. The number of carboxylic acids is 2. The molecule has 1 saturated heterocycles. The van der Waals surface area contributed by atoms with Gasteiger partial charge in [0.05, 0.1) is 0 Å². The Morgan fingerprint density at radius 2 is 1.70 bits per heavy atom. The molecule has 1 aliphatic heterocycles. The number of para-hydroxylation sites is 1. The molecule has 4 rings (SSSR count). The number of aromatic nitrogens is 1. The molecule has 4 N–H and O–H groups in total. The fourth-order valence-electron chi connectivity index (χ4n) is 4.15. The van der Waals surface area contributed by atoms with E-state index < -0.39 is 23.9 Å². The number of anilines is 2. The van der Waals surface area contributed by atoms with Crippen molar-refractivity contribution in [1.29, 1.82) is 0 Å². The first-order chi connectivity index (χ1) is 15.9. The molecule has 1 aliphatic rings. The third-order valence-electron chi connectivity index (χ3n) is 5.69. The van der Waals surface area contributed by atoms with Gasteiger partial charge in [-0.2, -0.15) is 0 Å². The maximum Gasteiger partial charge on any atom is 0.328 e. The summed E-state index contributed by atoms with van der Waals surface area (Å²) in [6.07, 6.45) is 3.39. The summed E-state index contributed by atoms with van der Waals surface area (Å²) < 4.78 is 0. The van der Waals surface area contributed by atoms with Gasteiger partial charge in [-0.15, -0.1) is 0 Å². The second-order valence-electron chi connectivity index (χ2n) is 7.76. The van der Waals surface area contributed by atoms with Crippen LogP contribution in [0.2, 0.25) is 0 Å². The number of hydrogen-bond acceptors (Lipinski definition) is 5. The Morgan fingerprint density at radius 1 is 0.970 bits per heavy atom. The minimum Gasteiger partial charge on any atom is -0.480 e. The first-order valence-corrected chi connectivity index (χ1v) is 10.5. The van der Waals surface area contributed by atoms with Crippen molar-refractivity contribution < 1.29 is 24.6 Å². The number of hydrogen-bond donors (Lipinski definition) is 4. The van der Waals surface area contributed by atoms with Crippen molar-refractivity contribution in [3.63, 3.8) is 0 Å². The molecule has 9 nitrogen and oxygen atoms in total. The quantitative estimate of drug-likeness (QED) is 0.410. The fourth-order valence-corrected chi connectivity index (χ4v) is 4.15. The van der Waals surface area contributed by atoms with Gasteiger partial charge >= 0.3 is 11.9 Å². The van der Waals surface area contributed by atoms with Gasteiger partial charge in [0.25, 0.3) is 0 Å². The van der Waals surface area contributed by atoms with Crippen molar-refractivity contribution in [2.75, 3.05) is 36.4 Å². The van der Waals surface area contributed by atoms with Gasteiger partial charge in [0, 0.05) is 72.4 Å². The highest BCUT2D eigenvalue weighted by Crippen LogP contribution is 2.31. The maximum absolute atomic E-state index is 12.2. The van der Waals surface area contributed by atoms with Crippen LogP contribution in [0, 0.1) is 0 Å². The van der Waals surface area contributed by atoms with Crippen molar-refractivity contribution in [1.82, 2.24) is 9.88 Å². The number of carbonyl (C=O) groups is 3. The van der Waals surface area contributed by atoms with Crippen molar-refractivity contribution in [2.24, 2.45) is 0 Å². The van der Waals surface area contributed by atoms with Crippen molar-refractivity contribution >= 4 is 40.1 Å². The zero-order valence-corrected chi connectivity index (χ0v) is 17.8. The molecule has 0 radical (unpaired) electrons. The molecule has 0 bridgehead atoms. The second-order valence-corrected chi connectivity index (χ2v) is 7.76. The Bertz CT molecular complexity index is 1200. The molecular formula is C24H24N4O5. The predicted octanol–water partition coefficient (Wildman–Crippen LogP) is 2.70. The fraction of sp³-hybridized carbons (Fsp3) is 0.208. The lowest BCUT2D eigenvalue weighted by Gasteiger charge is -2.38. The molecule has 33 heavy (non-hydrogen) atoms. The standard InChI is InChI=1S/C24H24N4O5/c29-21(8-9-22(30)31)26-16-6-7-18-19(15-25-20(18)14-16)23(24(32)33)28-12-10-27(11-13-28)17-4-2-1-3-5-17/h1-9,14-15,23,25H,10-13H2,(H,26,29)(H,30,31)(H,32,33)/b9-8+. The third kappa shape index (κ3) is 5.04. The van der Waals surface area contributed by atoms with E-state index in [0.717, 1.165) is 36.3 Å². The smallest absolute Gasteiger partial charge is 0.328 e. The molecule has 3 aromatic rings. The molecule has 0 spiro atoms. The number of nitrogens with zero attached hydrogens (tertiary/aromatic N) is 2. The van der Waals surface area contributed by atoms with Crippen LogP contribution in [-0.4, -0.2) is 64.1 Å². The Hall–Kier alpha value is -4.11. The van der Waals surface area contributed by atoms with E-state index in [9.17, 15) is 19.5 Å². The van der Waals surface area contributed by atoms with Gasteiger partial charge in [-0.25, -0.2) is 4.79 Å². The van der Waals surface area contributed by atoms with Crippen LogP contribution in [0.1, 0.15) is 11.6 Å². The first-order valence-electron chi connectivity index (χ1n) is 10.5. The minimum absolute atomic E-state index is 0.472. The van der Waals surface area contributed by atoms with Crippen molar-refractivity contribution in [3.05, 3.63) is 72.4 Å². The van der Waals surface area contributed by atoms with Gasteiger partial charge in [-0.3, -0.25) is 14.5 Å². The van der Waals surface area contributed by atoms with Crippen LogP contribution < -0.4 is 10.2 Å². The number of piperazine rings is 1. The molecular weight excluding hydrogens is 424 g/mol. The number of carbonyl (C=O) groups excluding carboxylic acids is 1. The van der Waals surface area contributed by atoms with E-state index in [-0.39, 0.29) is 0 Å². The van der Waals surface area contributed by atoms with Crippen molar-refractivity contribution in [3.8, 4) is 0 Å². The number of carboxylic acid groups (broad SMARTS) is 2. The average Bonchev–Trinajstić information content (AvgIpc) is 3.21. The number of aromatic amines is 1. The molecule has 0 aliphatic carbocycles. The van der Waals surface area contributed by atoms with Crippen LogP contribution in [0.25, 0.3) is 10.9 Å². The monoisotopic (exact) mass is 448 g/mol. The van der Waals surface area contributed by atoms with Gasteiger partial charge in [-0.05, 0) is 24.3 Å². The summed E-state index contributed by atoms with van der Waals surface area (Å²) in [5.74, 6) is -2.69. The van der Waals surface area contributed by atoms with Crippen LogP contribution in [0.15, 0.2) is 66.9 Å². The zero-order valence-electron chi connectivity index (χ0n) is 17.8. The Labute approximate surface area is 189 Å². The summed E-state index contributed by atoms with van der Waals surface area (Å²) in [5, 5.41) is 22.0. The van der Waals surface area contributed by atoms with E-state index in [0.29, 0.717) is 29.9 Å². The first kappa shape index (κ1) is 22.1. The highest BCUT2D eigenvalue weighted by Gasteiger charge is 2.32. The molecule has 1 amide bonds. The summed E-state index contributed by atoms with van der Waals surface area (Å²) in [5.41, 5.74) is 2.94. The van der Waals surface area contributed by atoms with E-state index in [1.54, 1.807) is 24.4 Å². The minimum atomic E-state index is -1.21. The molecule has 1 aromatic heterocycles. The summed E-state index contributed by atoms with van der Waals surface area (Å²) in [4.78, 5) is 41.9. The molecule has 2 aromatic carbocycles. The Kier molecular flexibility index (Phi) is 6.41. The van der Waals surface area contributed by atoms with Crippen LogP contribution in [-0.2, 0) is 14.4 Å². The molecule has 1 unspecified atom stereocenters. The summed E-state index contributed by atoms with van der Waals surface area (Å²) in [6, 6.07) is 14.4. The molecule has 1 fully saturated rings. The third-order valence-corrected chi connectivity index (χ3v) is 5.69. The van der Waals surface area contributed by atoms with Gasteiger partial charge in [0.2, 0.25) is 5.91 Å². The predicted molar refractivity (Wildman–Crippen MR) is 124 cm³/mol. The van der Waals surface area contributed by atoms with Gasteiger partial charge in [0.1, 0.15) is 6.04 Å². The number of nitrogens with one attached hydrogen (secondary N) is 2. The summed E-state index contributed by atoms with van der Waals surface area (Å²) in [6.45, 7) is 2.69. The lowest BCUT2D eigenvalue weighted by molar-refractivity contribution is -0.143. The number of amides is 1. The Morgan fingerprint density at radius 3 is 2.36 bits per heavy atom. The largest absolute Gasteiger partial charge is 0.480 e. The normalized spacial score (nSPS) is 15.6. The van der Waals surface area contributed by atoms with Crippen LogP contribution in [0.4, 0.5) is 11.4 Å². The summed E-state index contributed by atoms with van der Waals surface area (Å²) in [7, 11) is 0. The second kappa shape index (κ2) is 9.58. The van der Waals surface area contributed by atoms with Crippen LogP contribution in [0.5, 0.6) is 0 Å². The number of H-pyrrole nitrogens is 1. The lowest BCUT2D eigenvalue weighted by atomic mass is 10.0. The van der Waals surface area contributed by atoms with Crippen molar-refractivity contribution in [2.45, 2.75) is 6.04 Å². The molecule has 2 heterocycles. The number of rotatable bonds is 7. The van der Waals surface area contributed by atoms with E-state index in [1.165, 1.54) is 0 Å². The van der Waals surface area contributed by atoms with Gasteiger partial charge in [0.15, 0.2) is 0 Å². The zero-order chi connectivity index (χ0) is 23.4. The van der Waals surface area contributed by atoms with Crippen LogP contribution >= 0.6 is 0 Å². The van der Waals surface area contributed by atoms with Gasteiger partial charge in [-0.1, -0.05) is 24.3 Å². The highest BCUT2D eigenvalue weighted by molar-refractivity contribution is 6.03. The maximum atomic E-state index is 12.2. The molecule has 9 heteroatoms. The van der Waals surface area contributed by atoms with E-state index in [2.05, 4.69) is 27.3 Å². The molecule has 1 atom stereocenters. The highest BCUT2D eigenvalue weighted by atomic mass is 16.4. The summed E-state index contributed by atoms with van der Waals surface area (Å²) >= 11 is 0. The van der Waals surface area contributed by atoms with Gasteiger partial charge < -0.3 is 25.4 Å². The average molecular weight is 448 g/mol. The van der Waals surface area contributed by atoms with E-state index >= 15 is 0 Å². The lowest BCUT2D eigenvalue weighted by Crippen LogP contribution is -2.49. The van der Waals surface area contributed by atoms with E-state index in [4.69, 9.17) is 5.11 Å². The topological polar surface area (TPSA) is 126 Å².